The third-order valence-corrected chi connectivity index (χ3v) is 3.56. The average Bonchev–Trinajstić information content (AvgIpc) is 2.43. The SMILES string of the molecule is Cc1ccc(CC(=O)NCCc2cccc(F)c2)cc1C. The average molecular weight is 285 g/mol. The Morgan fingerprint density at radius 1 is 1.05 bits per heavy atom. The van der Waals surface area contributed by atoms with Crippen molar-refractivity contribution in [1.29, 1.82) is 0 Å². The first kappa shape index (κ1) is 15.2. The third kappa shape index (κ3) is 4.71. The summed E-state index contributed by atoms with van der Waals surface area (Å²) in [6, 6.07) is 12.5. The predicted molar refractivity (Wildman–Crippen MR) is 82.7 cm³/mol. The monoisotopic (exact) mass is 285 g/mol. The van der Waals surface area contributed by atoms with Gasteiger partial charge in [0.1, 0.15) is 5.82 Å². The van der Waals surface area contributed by atoms with Crippen LogP contribution in [0.25, 0.3) is 0 Å². The second-order valence-corrected chi connectivity index (χ2v) is 5.33. The fourth-order valence-electron chi connectivity index (χ4n) is 2.20. The van der Waals surface area contributed by atoms with Gasteiger partial charge in [-0.1, -0.05) is 30.3 Å². The van der Waals surface area contributed by atoms with E-state index in [0.717, 1.165) is 11.1 Å². The third-order valence-electron chi connectivity index (χ3n) is 3.56. The number of hydrogen-bond donors (Lipinski definition) is 1. The second-order valence-electron chi connectivity index (χ2n) is 5.33. The highest BCUT2D eigenvalue weighted by molar-refractivity contribution is 5.78. The van der Waals surface area contributed by atoms with E-state index in [-0.39, 0.29) is 11.7 Å². The fraction of sp³-hybridized carbons (Fsp3) is 0.278. The van der Waals surface area contributed by atoms with Gasteiger partial charge in [0, 0.05) is 6.54 Å². The predicted octanol–water partition coefficient (Wildman–Crippen LogP) is 3.34. The van der Waals surface area contributed by atoms with Crippen molar-refractivity contribution in [3.63, 3.8) is 0 Å². The molecule has 21 heavy (non-hydrogen) atoms. The Morgan fingerprint density at radius 3 is 2.57 bits per heavy atom. The number of hydrogen-bond acceptors (Lipinski definition) is 1. The summed E-state index contributed by atoms with van der Waals surface area (Å²) >= 11 is 0. The molecule has 0 bridgehead atoms. The van der Waals surface area contributed by atoms with E-state index in [1.807, 2.05) is 31.2 Å². The molecule has 2 rings (SSSR count). The van der Waals surface area contributed by atoms with Gasteiger partial charge in [-0.25, -0.2) is 4.39 Å². The van der Waals surface area contributed by atoms with Crippen molar-refractivity contribution in [2.45, 2.75) is 26.7 Å². The minimum absolute atomic E-state index is 0.00495. The van der Waals surface area contributed by atoms with Crippen LogP contribution in [0.3, 0.4) is 0 Å². The number of carbonyl (C=O) groups excluding carboxylic acids is 1. The molecule has 0 saturated carbocycles. The van der Waals surface area contributed by atoms with E-state index < -0.39 is 0 Å². The fourth-order valence-corrected chi connectivity index (χ4v) is 2.20. The number of aryl methyl sites for hydroxylation is 2. The van der Waals surface area contributed by atoms with Crippen molar-refractivity contribution < 1.29 is 9.18 Å². The number of amides is 1. The highest BCUT2D eigenvalue weighted by atomic mass is 19.1. The van der Waals surface area contributed by atoms with Crippen LogP contribution >= 0.6 is 0 Å². The van der Waals surface area contributed by atoms with Gasteiger partial charge in [0.05, 0.1) is 6.42 Å². The van der Waals surface area contributed by atoms with Crippen LogP contribution in [0.5, 0.6) is 0 Å². The Labute approximate surface area is 125 Å². The molecule has 1 N–H and O–H groups in total. The standard InChI is InChI=1S/C18H20FNO/c1-13-6-7-16(10-14(13)2)12-18(21)20-9-8-15-4-3-5-17(19)11-15/h3-7,10-11H,8-9,12H2,1-2H3,(H,20,21). The van der Waals surface area contributed by atoms with Gasteiger partial charge in [0.2, 0.25) is 5.91 Å². The van der Waals surface area contributed by atoms with Gasteiger partial charge < -0.3 is 5.32 Å². The molecular weight excluding hydrogens is 265 g/mol. The molecule has 0 saturated heterocycles. The first-order valence-electron chi connectivity index (χ1n) is 7.12. The minimum atomic E-state index is -0.242. The summed E-state index contributed by atoms with van der Waals surface area (Å²) in [5, 5.41) is 2.87. The molecule has 1 amide bonds. The molecule has 0 unspecified atom stereocenters. The van der Waals surface area contributed by atoms with Crippen LogP contribution in [-0.2, 0) is 17.6 Å². The van der Waals surface area contributed by atoms with E-state index in [2.05, 4.69) is 12.2 Å². The van der Waals surface area contributed by atoms with Gasteiger partial charge in [0.15, 0.2) is 0 Å². The Balaban J connectivity index is 1.81. The molecule has 3 heteroatoms. The summed E-state index contributed by atoms with van der Waals surface area (Å²) in [4.78, 5) is 11.9. The molecule has 0 radical (unpaired) electrons. The van der Waals surface area contributed by atoms with Gasteiger partial charge in [-0.15, -0.1) is 0 Å². The van der Waals surface area contributed by atoms with Crippen molar-refractivity contribution in [1.82, 2.24) is 5.32 Å². The number of benzene rings is 2. The van der Waals surface area contributed by atoms with Crippen LogP contribution in [0.15, 0.2) is 42.5 Å². The molecule has 0 aliphatic rings. The second kappa shape index (κ2) is 7.02. The maximum Gasteiger partial charge on any atom is 0.224 e. The first-order chi connectivity index (χ1) is 10.0. The molecule has 0 spiro atoms. The molecule has 2 aromatic rings. The maximum atomic E-state index is 13.0. The molecule has 110 valence electrons. The number of halogens is 1. The van der Waals surface area contributed by atoms with Gasteiger partial charge >= 0.3 is 0 Å². The molecule has 2 nitrogen and oxygen atoms in total. The highest BCUT2D eigenvalue weighted by Crippen LogP contribution is 2.10. The molecule has 0 atom stereocenters. The van der Waals surface area contributed by atoms with Crippen molar-refractivity contribution >= 4 is 5.91 Å². The first-order valence-corrected chi connectivity index (χ1v) is 7.12. The lowest BCUT2D eigenvalue weighted by molar-refractivity contribution is -0.120. The molecule has 2 aromatic carbocycles. The number of nitrogens with one attached hydrogen (secondary N) is 1. The zero-order chi connectivity index (χ0) is 15.2. The Bertz CT molecular complexity index is 637. The summed E-state index contributed by atoms with van der Waals surface area (Å²) in [5.74, 6) is -0.247. The van der Waals surface area contributed by atoms with E-state index in [1.54, 1.807) is 6.07 Å². The lowest BCUT2D eigenvalue weighted by Gasteiger charge is -2.07. The van der Waals surface area contributed by atoms with Crippen molar-refractivity contribution in [2.75, 3.05) is 6.54 Å². The summed E-state index contributed by atoms with van der Waals surface area (Å²) in [6.07, 6.45) is 1.01. The highest BCUT2D eigenvalue weighted by Gasteiger charge is 2.04. The van der Waals surface area contributed by atoms with E-state index in [0.29, 0.717) is 19.4 Å². The van der Waals surface area contributed by atoms with Crippen molar-refractivity contribution in [2.24, 2.45) is 0 Å². The molecule has 0 aliphatic heterocycles. The Morgan fingerprint density at radius 2 is 1.86 bits per heavy atom. The quantitative estimate of drug-likeness (QED) is 0.897. The molecule has 0 aromatic heterocycles. The topological polar surface area (TPSA) is 29.1 Å². The van der Waals surface area contributed by atoms with Crippen LogP contribution in [0.2, 0.25) is 0 Å². The summed E-state index contributed by atoms with van der Waals surface area (Å²) in [5.41, 5.74) is 4.33. The molecule has 0 aliphatic carbocycles. The van der Waals surface area contributed by atoms with E-state index in [4.69, 9.17) is 0 Å². The van der Waals surface area contributed by atoms with Crippen LogP contribution in [0.4, 0.5) is 4.39 Å². The maximum absolute atomic E-state index is 13.0. The zero-order valence-electron chi connectivity index (χ0n) is 12.4. The smallest absolute Gasteiger partial charge is 0.224 e. The molecule has 0 fully saturated rings. The largest absolute Gasteiger partial charge is 0.355 e. The van der Waals surface area contributed by atoms with E-state index >= 15 is 0 Å². The van der Waals surface area contributed by atoms with Crippen molar-refractivity contribution in [3.8, 4) is 0 Å². The number of carbonyl (C=O) groups is 1. The van der Waals surface area contributed by atoms with Crippen LogP contribution in [0.1, 0.15) is 22.3 Å². The lowest BCUT2D eigenvalue weighted by Crippen LogP contribution is -2.27. The summed E-state index contributed by atoms with van der Waals surface area (Å²) in [6.45, 7) is 4.62. The summed E-state index contributed by atoms with van der Waals surface area (Å²) < 4.78 is 13.0. The Hall–Kier alpha value is -2.16. The zero-order valence-corrected chi connectivity index (χ0v) is 12.4. The molecule has 0 heterocycles. The molecular formula is C18H20FNO. The van der Waals surface area contributed by atoms with Crippen molar-refractivity contribution in [3.05, 3.63) is 70.5 Å². The number of rotatable bonds is 5. The summed E-state index contributed by atoms with van der Waals surface area (Å²) in [7, 11) is 0. The van der Waals surface area contributed by atoms with Gasteiger partial charge in [0.25, 0.3) is 0 Å². The van der Waals surface area contributed by atoms with Crippen LogP contribution in [-0.4, -0.2) is 12.5 Å². The minimum Gasteiger partial charge on any atom is -0.355 e. The lowest BCUT2D eigenvalue weighted by atomic mass is 10.0. The van der Waals surface area contributed by atoms with Crippen LogP contribution in [0, 0.1) is 19.7 Å². The normalized spacial score (nSPS) is 10.4. The van der Waals surface area contributed by atoms with E-state index in [1.165, 1.54) is 23.3 Å². The van der Waals surface area contributed by atoms with Gasteiger partial charge in [-0.05, 0) is 54.7 Å². The van der Waals surface area contributed by atoms with Gasteiger partial charge in [-0.3, -0.25) is 4.79 Å². The van der Waals surface area contributed by atoms with Gasteiger partial charge in [-0.2, -0.15) is 0 Å². The Kier molecular flexibility index (Phi) is 5.09. The van der Waals surface area contributed by atoms with E-state index in [9.17, 15) is 9.18 Å². The van der Waals surface area contributed by atoms with Crippen LogP contribution < -0.4 is 5.32 Å².